The lowest BCUT2D eigenvalue weighted by Crippen LogP contribution is -2.39. The summed E-state index contributed by atoms with van der Waals surface area (Å²) in [7, 11) is 0. The van der Waals surface area contributed by atoms with E-state index in [4.69, 9.17) is 4.74 Å². The maximum atomic E-state index is 12.0. The van der Waals surface area contributed by atoms with Gasteiger partial charge in [-0.1, -0.05) is 34.1 Å². The Labute approximate surface area is 205 Å². The molecule has 0 bridgehead atoms. The van der Waals surface area contributed by atoms with E-state index in [1.54, 1.807) is 0 Å². The maximum absolute atomic E-state index is 12.0. The fourth-order valence-electron chi connectivity index (χ4n) is 2.91. The lowest BCUT2D eigenvalue weighted by molar-refractivity contribution is -0.139. The first-order chi connectivity index (χ1) is 16.5. The van der Waals surface area contributed by atoms with Crippen LogP contribution >= 0.6 is 0 Å². The van der Waals surface area contributed by atoms with Gasteiger partial charge in [0.15, 0.2) is 0 Å². The van der Waals surface area contributed by atoms with Crippen molar-refractivity contribution in [3.05, 3.63) is 24.3 Å². The first-order valence-corrected chi connectivity index (χ1v) is 11.7. The van der Waals surface area contributed by atoms with E-state index < -0.39 is 23.6 Å². The fraction of sp³-hybridized carbons (Fsp3) is 0.583. The number of amides is 6. The highest BCUT2D eigenvalue weighted by Crippen LogP contribution is 2.14. The third-order valence-corrected chi connectivity index (χ3v) is 4.75. The van der Waals surface area contributed by atoms with Gasteiger partial charge in [-0.15, -0.1) is 0 Å². The Bertz CT molecular complexity index is 828. The smallest absolute Gasteiger partial charge is 0.253 e. The quantitative estimate of drug-likeness (QED) is 0.278. The second-order valence-electron chi connectivity index (χ2n) is 8.87. The molecule has 0 aromatic carbocycles. The predicted octanol–water partition coefficient (Wildman–Crippen LogP) is 0.308. The SMILES string of the molecule is CC(C)(CNC(=O)CCN1C(=O)C=CC1=O)COCCNC(=O)CCN1C(=O)C=CC1=O.CCC. The Morgan fingerprint density at radius 3 is 1.63 bits per heavy atom. The van der Waals surface area contributed by atoms with Gasteiger partial charge in [0.1, 0.15) is 0 Å². The number of ether oxygens (including phenoxy) is 1. The molecule has 0 saturated heterocycles. The highest BCUT2D eigenvalue weighted by Gasteiger charge is 2.25. The highest BCUT2D eigenvalue weighted by atomic mass is 16.5. The molecule has 0 spiro atoms. The Morgan fingerprint density at radius 1 is 0.800 bits per heavy atom. The molecule has 0 aliphatic carbocycles. The van der Waals surface area contributed by atoms with Gasteiger partial charge in [-0.25, -0.2) is 0 Å². The van der Waals surface area contributed by atoms with E-state index in [2.05, 4.69) is 24.5 Å². The van der Waals surface area contributed by atoms with Crippen molar-refractivity contribution in [1.82, 2.24) is 20.4 Å². The van der Waals surface area contributed by atoms with Crippen LogP contribution in [-0.4, -0.2) is 84.6 Å². The van der Waals surface area contributed by atoms with E-state index >= 15 is 0 Å². The van der Waals surface area contributed by atoms with Crippen LogP contribution in [0.25, 0.3) is 0 Å². The minimum Gasteiger partial charge on any atom is -0.379 e. The molecule has 2 heterocycles. The number of nitrogens with zero attached hydrogens (tertiary/aromatic N) is 2. The van der Waals surface area contributed by atoms with Crippen LogP contribution in [0.4, 0.5) is 0 Å². The summed E-state index contributed by atoms with van der Waals surface area (Å²) in [5.41, 5.74) is -0.371. The fourth-order valence-corrected chi connectivity index (χ4v) is 2.91. The summed E-state index contributed by atoms with van der Waals surface area (Å²) in [4.78, 5) is 71.6. The zero-order valence-electron chi connectivity index (χ0n) is 20.9. The number of carbonyl (C=O) groups is 6. The first-order valence-electron chi connectivity index (χ1n) is 11.7. The van der Waals surface area contributed by atoms with Crippen molar-refractivity contribution in [2.45, 2.75) is 47.0 Å². The maximum Gasteiger partial charge on any atom is 0.253 e. The van der Waals surface area contributed by atoms with E-state index in [9.17, 15) is 28.8 Å². The standard InChI is InChI=1S/C21H28N4O7.C3H8/c1-21(2,13-23-16(27)8-11-25-19(30)5-6-20(25)31)14-32-12-9-22-15(26)7-10-24-17(28)3-4-18(24)29;1-3-2/h3-6H,7-14H2,1-2H3,(H,22,26)(H,23,27);3H2,1-2H3. The Hall–Kier alpha value is -3.34. The van der Waals surface area contributed by atoms with Crippen LogP contribution < -0.4 is 10.6 Å². The first kappa shape index (κ1) is 29.7. The monoisotopic (exact) mass is 492 g/mol. The number of carbonyl (C=O) groups excluding carboxylic acids is 6. The number of hydrogen-bond acceptors (Lipinski definition) is 7. The zero-order valence-corrected chi connectivity index (χ0v) is 20.9. The minimum absolute atomic E-state index is 0.0152. The summed E-state index contributed by atoms with van der Waals surface area (Å²) in [6.07, 6.45) is 5.98. The van der Waals surface area contributed by atoms with Crippen LogP contribution in [0.1, 0.15) is 47.0 Å². The third kappa shape index (κ3) is 11.1. The van der Waals surface area contributed by atoms with Gasteiger partial charge in [-0.3, -0.25) is 38.6 Å². The molecule has 2 aliphatic rings. The number of rotatable bonds is 13. The summed E-state index contributed by atoms with van der Waals surface area (Å²) < 4.78 is 5.56. The summed E-state index contributed by atoms with van der Waals surface area (Å²) >= 11 is 0. The van der Waals surface area contributed by atoms with E-state index in [0.29, 0.717) is 13.2 Å². The molecule has 0 aromatic rings. The Balaban J connectivity index is 0.00000194. The van der Waals surface area contributed by atoms with Crippen molar-refractivity contribution < 1.29 is 33.5 Å². The van der Waals surface area contributed by atoms with Crippen LogP contribution in [0.5, 0.6) is 0 Å². The molecular weight excluding hydrogens is 456 g/mol. The van der Waals surface area contributed by atoms with Crippen LogP contribution in [0.15, 0.2) is 24.3 Å². The topological polar surface area (TPSA) is 142 Å². The molecule has 35 heavy (non-hydrogen) atoms. The minimum atomic E-state index is -0.421. The van der Waals surface area contributed by atoms with Crippen molar-refractivity contribution in [2.75, 3.05) is 39.4 Å². The third-order valence-electron chi connectivity index (χ3n) is 4.75. The summed E-state index contributed by atoms with van der Waals surface area (Å²) in [5, 5.41) is 5.42. The van der Waals surface area contributed by atoms with Crippen molar-refractivity contribution in [3.63, 3.8) is 0 Å². The second kappa shape index (κ2) is 14.8. The molecule has 0 unspecified atom stereocenters. The molecular formula is C24H36N4O7. The molecule has 11 nitrogen and oxygen atoms in total. The van der Waals surface area contributed by atoms with Crippen molar-refractivity contribution in [1.29, 1.82) is 0 Å². The van der Waals surface area contributed by atoms with Gasteiger partial charge < -0.3 is 15.4 Å². The van der Waals surface area contributed by atoms with Gasteiger partial charge >= 0.3 is 0 Å². The predicted molar refractivity (Wildman–Crippen MR) is 128 cm³/mol. The number of imide groups is 2. The molecule has 0 atom stereocenters. The zero-order chi connectivity index (χ0) is 26.4. The van der Waals surface area contributed by atoms with Crippen LogP contribution in [-0.2, 0) is 33.5 Å². The molecule has 2 aliphatic heterocycles. The summed E-state index contributed by atoms with van der Waals surface area (Å²) in [5.74, 6) is -2.25. The van der Waals surface area contributed by atoms with Crippen LogP contribution in [0.2, 0.25) is 0 Å². The Morgan fingerprint density at radius 2 is 1.20 bits per heavy atom. The van der Waals surface area contributed by atoms with Gasteiger partial charge in [0, 0.05) is 68.7 Å². The number of hydrogen-bond donors (Lipinski definition) is 2. The molecule has 0 fully saturated rings. The normalized spacial score (nSPS) is 15.0. The largest absolute Gasteiger partial charge is 0.379 e. The Kier molecular flexibility index (Phi) is 12.6. The van der Waals surface area contributed by atoms with Gasteiger partial charge in [-0.05, 0) is 0 Å². The van der Waals surface area contributed by atoms with E-state index in [1.807, 2.05) is 13.8 Å². The van der Waals surface area contributed by atoms with Crippen molar-refractivity contribution in [3.8, 4) is 0 Å². The molecule has 0 radical (unpaired) electrons. The molecule has 6 amide bonds. The second-order valence-corrected chi connectivity index (χ2v) is 8.87. The molecule has 194 valence electrons. The summed E-state index contributed by atoms with van der Waals surface area (Å²) in [6.45, 7) is 9.32. The lowest BCUT2D eigenvalue weighted by Gasteiger charge is -2.25. The van der Waals surface area contributed by atoms with Gasteiger partial charge in [0.2, 0.25) is 11.8 Å². The number of nitrogens with one attached hydrogen (secondary N) is 2. The van der Waals surface area contributed by atoms with E-state index in [-0.39, 0.29) is 56.3 Å². The van der Waals surface area contributed by atoms with Crippen molar-refractivity contribution in [2.24, 2.45) is 5.41 Å². The molecule has 2 N–H and O–H groups in total. The van der Waals surface area contributed by atoms with E-state index in [1.165, 1.54) is 30.7 Å². The van der Waals surface area contributed by atoms with Gasteiger partial charge in [-0.2, -0.15) is 0 Å². The highest BCUT2D eigenvalue weighted by molar-refractivity contribution is 6.13. The average Bonchev–Trinajstić information content (AvgIpc) is 3.29. The van der Waals surface area contributed by atoms with Gasteiger partial charge in [0.05, 0.1) is 13.2 Å². The molecule has 2 rings (SSSR count). The van der Waals surface area contributed by atoms with E-state index in [0.717, 1.165) is 9.80 Å². The molecule has 11 heteroatoms. The van der Waals surface area contributed by atoms with Crippen LogP contribution in [0, 0.1) is 5.41 Å². The average molecular weight is 493 g/mol. The van der Waals surface area contributed by atoms with Gasteiger partial charge in [0.25, 0.3) is 23.6 Å². The molecule has 0 aromatic heterocycles. The molecule has 0 saturated carbocycles. The summed E-state index contributed by atoms with van der Waals surface area (Å²) in [6, 6.07) is 0. The lowest BCUT2D eigenvalue weighted by atomic mass is 9.95. The van der Waals surface area contributed by atoms with Crippen molar-refractivity contribution >= 4 is 35.4 Å². The van der Waals surface area contributed by atoms with Crippen LogP contribution in [0.3, 0.4) is 0 Å².